The standard InChI is InChI=1S/C14H21N3O/c1-11-4-3-5-12(8-11)13-10-16(2)6-7-17(13)14(18)9-15/h3-5,8,13H,6-7,9-10,15H2,1-2H3. The van der Waals surface area contributed by atoms with Crippen molar-refractivity contribution in [2.24, 2.45) is 5.73 Å². The van der Waals surface area contributed by atoms with Crippen molar-refractivity contribution in [3.8, 4) is 0 Å². The molecule has 2 rings (SSSR count). The average Bonchev–Trinajstić information content (AvgIpc) is 2.38. The topological polar surface area (TPSA) is 49.6 Å². The van der Waals surface area contributed by atoms with E-state index >= 15 is 0 Å². The maximum Gasteiger partial charge on any atom is 0.236 e. The van der Waals surface area contributed by atoms with Gasteiger partial charge in [0.15, 0.2) is 0 Å². The number of piperazine rings is 1. The molecule has 2 N–H and O–H groups in total. The van der Waals surface area contributed by atoms with Crippen molar-refractivity contribution >= 4 is 5.91 Å². The highest BCUT2D eigenvalue weighted by Gasteiger charge is 2.29. The molecule has 0 aliphatic carbocycles. The zero-order chi connectivity index (χ0) is 13.1. The zero-order valence-corrected chi connectivity index (χ0v) is 11.1. The number of rotatable bonds is 2. The molecule has 0 saturated carbocycles. The highest BCUT2D eigenvalue weighted by molar-refractivity contribution is 5.78. The van der Waals surface area contributed by atoms with E-state index in [1.165, 1.54) is 11.1 Å². The van der Waals surface area contributed by atoms with Crippen LogP contribution in [0.5, 0.6) is 0 Å². The summed E-state index contributed by atoms with van der Waals surface area (Å²) in [6.07, 6.45) is 0. The lowest BCUT2D eigenvalue weighted by molar-refractivity contribution is -0.134. The number of nitrogens with two attached hydrogens (primary N) is 1. The number of carbonyl (C=O) groups excluding carboxylic acids is 1. The maximum atomic E-state index is 11.9. The van der Waals surface area contributed by atoms with Crippen LogP contribution in [0.4, 0.5) is 0 Å². The van der Waals surface area contributed by atoms with Crippen LogP contribution in [0.15, 0.2) is 24.3 Å². The Morgan fingerprint density at radius 1 is 1.44 bits per heavy atom. The van der Waals surface area contributed by atoms with E-state index in [0.29, 0.717) is 0 Å². The smallest absolute Gasteiger partial charge is 0.236 e. The lowest BCUT2D eigenvalue weighted by Crippen LogP contribution is -2.50. The normalized spacial score (nSPS) is 21.1. The quantitative estimate of drug-likeness (QED) is 0.840. The fourth-order valence-electron chi connectivity index (χ4n) is 2.50. The van der Waals surface area contributed by atoms with Gasteiger partial charge in [-0.3, -0.25) is 4.79 Å². The number of hydrogen-bond donors (Lipinski definition) is 1. The second kappa shape index (κ2) is 5.50. The number of nitrogens with zero attached hydrogens (tertiary/aromatic N) is 2. The molecule has 1 atom stereocenters. The number of carbonyl (C=O) groups is 1. The third kappa shape index (κ3) is 2.71. The maximum absolute atomic E-state index is 11.9. The Balaban J connectivity index is 2.27. The molecular formula is C14H21N3O. The highest BCUT2D eigenvalue weighted by atomic mass is 16.2. The molecule has 0 bridgehead atoms. The molecule has 0 aromatic heterocycles. The second-order valence-corrected chi connectivity index (χ2v) is 4.98. The van der Waals surface area contributed by atoms with Gasteiger partial charge in [0.1, 0.15) is 0 Å². The summed E-state index contributed by atoms with van der Waals surface area (Å²) in [4.78, 5) is 16.1. The third-order valence-corrected chi connectivity index (χ3v) is 3.51. The van der Waals surface area contributed by atoms with Crippen molar-refractivity contribution in [1.82, 2.24) is 9.80 Å². The molecule has 1 amide bonds. The molecule has 1 saturated heterocycles. The first kappa shape index (κ1) is 13.1. The van der Waals surface area contributed by atoms with Gasteiger partial charge in [0.2, 0.25) is 5.91 Å². The van der Waals surface area contributed by atoms with Gasteiger partial charge in [0.05, 0.1) is 12.6 Å². The number of likely N-dealkylation sites (N-methyl/N-ethyl adjacent to an activating group) is 1. The summed E-state index contributed by atoms with van der Waals surface area (Å²) in [7, 11) is 2.09. The number of benzene rings is 1. The Bertz CT molecular complexity index is 433. The second-order valence-electron chi connectivity index (χ2n) is 4.98. The van der Waals surface area contributed by atoms with Crippen LogP contribution >= 0.6 is 0 Å². The highest BCUT2D eigenvalue weighted by Crippen LogP contribution is 2.25. The van der Waals surface area contributed by atoms with Crippen molar-refractivity contribution in [2.45, 2.75) is 13.0 Å². The minimum atomic E-state index is 0.0367. The summed E-state index contributed by atoms with van der Waals surface area (Å²) in [5.74, 6) is 0.0367. The van der Waals surface area contributed by atoms with Crippen molar-refractivity contribution in [1.29, 1.82) is 0 Å². The number of amides is 1. The Labute approximate surface area is 108 Å². The van der Waals surface area contributed by atoms with Gasteiger partial charge in [0.25, 0.3) is 0 Å². The molecule has 1 aliphatic rings. The largest absolute Gasteiger partial charge is 0.332 e. The van der Waals surface area contributed by atoms with Gasteiger partial charge in [-0.2, -0.15) is 0 Å². The molecule has 4 nitrogen and oxygen atoms in total. The van der Waals surface area contributed by atoms with E-state index in [-0.39, 0.29) is 18.5 Å². The zero-order valence-electron chi connectivity index (χ0n) is 11.1. The first-order valence-corrected chi connectivity index (χ1v) is 6.36. The molecule has 0 spiro atoms. The number of hydrogen-bond acceptors (Lipinski definition) is 3. The molecule has 1 aliphatic heterocycles. The van der Waals surface area contributed by atoms with E-state index in [9.17, 15) is 4.79 Å². The van der Waals surface area contributed by atoms with Crippen LogP contribution in [0.3, 0.4) is 0 Å². The SMILES string of the molecule is Cc1cccc(C2CN(C)CCN2C(=O)CN)c1. The van der Waals surface area contributed by atoms with Gasteiger partial charge in [0, 0.05) is 19.6 Å². The molecule has 1 fully saturated rings. The summed E-state index contributed by atoms with van der Waals surface area (Å²) >= 11 is 0. The summed E-state index contributed by atoms with van der Waals surface area (Å²) in [5.41, 5.74) is 7.92. The van der Waals surface area contributed by atoms with E-state index in [4.69, 9.17) is 5.73 Å². The first-order valence-electron chi connectivity index (χ1n) is 6.36. The van der Waals surface area contributed by atoms with E-state index in [1.54, 1.807) is 0 Å². The molecule has 1 unspecified atom stereocenters. The van der Waals surface area contributed by atoms with Gasteiger partial charge in [-0.1, -0.05) is 29.8 Å². The van der Waals surface area contributed by atoms with E-state index in [1.807, 2.05) is 11.0 Å². The molecule has 18 heavy (non-hydrogen) atoms. The molecular weight excluding hydrogens is 226 g/mol. The van der Waals surface area contributed by atoms with Crippen LogP contribution in [0.2, 0.25) is 0 Å². The first-order chi connectivity index (χ1) is 8.61. The number of aryl methyl sites for hydroxylation is 1. The van der Waals surface area contributed by atoms with Gasteiger partial charge >= 0.3 is 0 Å². The molecule has 1 aromatic rings. The Kier molecular flexibility index (Phi) is 3.99. The Morgan fingerprint density at radius 3 is 2.89 bits per heavy atom. The fraction of sp³-hybridized carbons (Fsp3) is 0.500. The summed E-state index contributed by atoms with van der Waals surface area (Å²) in [6.45, 7) is 4.70. The van der Waals surface area contributed by atoms with Crippen molar-refractivity contribution in [3.63, 3.8) is 0 Å². The minimum Gasteiger partial charge on any atom is -0.332 e. The summed E-state index contributed by atoms with van der Waals surface area (Å²) in [6, 6.07) is 8.49. The van der Waals surface area contributed by atoms with Gasteiger partial charge < -0.3 is 15.5 Å². The summed E-state index contributed by atoms with van der Waals surface area (Å²) < 4.78 is 0. The predicted octanol–water partition coefficient (Wildman–Crippen LogP) is 0.769. The van der Waals surface area contributed by atoms with Gasteiger partial charge in [-0.05, 0) is 19.5 Å². The monoisotopic (exact) mass is 247 g/mol. The van der Waals surface area contributed by atoms with Crippen molar-refractivity contribution in [2.75, 3.05) is 33.2 Å². The molecule has 1 aromatic carbocycles. The molecule has 1 heterocycles. The van der Waals surface area contributed by atoms with Gasteiger partial charge in [-0.15, -0.1) is 0 Å². The average molecular weight is 247 g/mol. The molecule has 98 valence electrons. The Hall–Kier alpha value is -1.39. The van der Waals surface area contributed by atoms with Crippen LogP contribution in [0.25, 0.3) is 0 Å². The Morgan fingerprint density at radius 2 is 2.22 bits per heavy atom. The van der Waals surface area contributed by atoms with E-state index in [0.717, 1.165) is 19.6 Å². The molecule has 4 heteroatoms. The van der Waals surface area contributed by atoms with E-state index in [2.05, 4.69) is 37.1 Å². The van der Waals surface area contributed by atoms with Crippen LogP contribution in [0.1, 0.15) is 17.2 Å². The lowest BCUT2D eigenvalue weighted by Gasteiger charge is -2.40. The fourth-order valence-corrected chi connectivity index (χ4v) is 2.50. The predicted molar refractivity (Wildman–Crippen MR) is 72.2 cm³/mol. The van der Waals surface area contributed by atoms with E-state index < -0.39 is 0 Å². The third-order valence-electron chi connectivity index (χ3n) is 3.51. The summed E-state index contributed by atoms with van der Waals surface area (Å²) in [5, 5.41) is 0. The van der Waals surface area contributed by atoms with Crippen molar-refractivity contribution in [3.05, 3.63) is 35.4 Å². The van der Waals surface area contributed by atoms with Crippen LogP contribution < -0.4 is 5.73 Å². The van der Waals surface area contributed by atoms with Crippen LogP contribution in [0, 0.1) is 6.92 Å². The van der Waals surface area contributed by atoms with Crippen molar-refractivity contribution < 1.29 is 4.79 Å². The minimum absolute atomic E-state index is 0.0367. The molecule has 0 radical (unpaired) electrons. The van der Waals surface area contributed by atoms with Crippen LogP contribution in [-0.2, 0) is 4.79 Å². The lowest BCUT2D eigenvalue weighted by atomic mass is 10.0. The van der Waals surface area contributed by atoms with Crippen LogP contribution in [-0.4, -0.2) is 48.9 Å². The van der Waals surface area contributed by atoms with Gasteiger partial charge in [-0.25, -0.2) is 0 Å².